The second kappa shape index (κ2) is 8.04. The molecule has 1 unspecified atom stereocenters. The van der Waals surface area contributed by atoms with Gasteiger partial charge in [-0.15, -0.1) is 4.48 Å². The van der Waals surface area contributed by atoms with Gasteiger partial charge in [0.05, 0.1) is 6.08 Å². The predicted octanol–water partition coefficient (Wildman–Crippen LogP) is 1.85. The van der Waals surface area contributed by atoms with E-state index in [0.29, 0.717) is 24.3 Å². The Morgan fingerprint density at radius 3 is 2.39 bits per heavy atom. The van der Waals surface area contributed by atoms with E-state index in [1.807, 2.05) is 0 Å². The fourth-order valence-electron chi connectivity index (χ4n) is 3.60. The van der Waals surface area contributed by atoms with Gasteiger partial charge >= 0.3 is 12.1 Å². The Labute approximate surface area is 178 Å². The van der Waals surface area contributed by atoms with Gasteiger partial charge in [-0.3, -0.25) is 19.1 Å². The Balaban J connectivity index is 1.51. The average molecular weight is 419 g/mol. The molecule has 2 aliphatic rings. The Morgan fingerprint density at radius 1 is 1.03 bits per heavy atom. The second-order valence-corrected chi connectivity index (χ2v) is 7.32. The van der Waals surface area contributed by atoms with Crippen molar-refractivity contribution in [2.75, 3.05) is 13.1 Å². The van der Waals surface area contributed by atoms with Crippen molar-refractivity contribution in [3.05, 3.63) is 88.8 Å². The van der Waals surface area contributed by atoms with Gasteiger partial charge in [0, 0.05) is 36.6 Å². The Hall–Kier alpha value is -3.98. The van der Waals surface area contributed by atoms with Crippen LogP contribution in [0.15, 0.2) is 71.6 Å². The van der Waals surface area contributed by atoms with Crippen LogP contribution in [-0.4, -0.2) is 45.0 Å². The van der Waals surface area contributed by atoms with Crippen LogP contribution in [0, 0.1) is 6.08 Å². The molecule has 4 rings (SSSR count). The highest BCUT2D eigenvalue weighted by Gasteiger charge is 2.47. The first-order valence-electron chi connectivity index (χ1n) is 9.82. The molecule has 9 heteroatoms. The van der Waals surface area contributed by atoms with Crippen LogP contribution in [0.25, 0.3) is 5.69 Å². The molecule has 0 spiro atoms. The van der Waals surface area contributed by atoms with Gasteiger partial charge < -0.3 is 11.1 Å². The summed E-state index contributed by atoms with van der Waals surface area (Å²) in [5.74, 6) is -0.447. The van der Waals surface area contributed by atoms with Gasteiger partial charge in [0.1, 0.15) is 18.1 Å². The van der Waals surface area contributed by atoms with Crippen LogP contribution >= 0.6 is 0 Å². The van der Waals surface area contributed by atoms with Gasteiger partial charge in [0.15, 0.2) is 0 Å². The van der Waals surface area contributed by atoms with E-state index in [2.05, 4.69) is 11.4 Å². The normalized spacial score (nSPS) is 19.9. The maximum atomic E-state index is 12.9. The number of nitrogens with zero attached hydrogens (tertiary/aromatic N) is 3. The number of amides is 5. The van der Waals surface area contributed by atoms with E-state index in [0.717, 1.165) is 12.8 Å². The number of carbonyl (C=O) groups is 3. The third-order valence-corrected chi connectivity index (χ3v) is 5.29. The highest BCUT2D eigenvalue weighted by atomic mass is 16.2. The molecule has 2 aromatic rings. The van der Waals surface area contributed by atoms with Crippen LogP contribution in [0.2, 0.25) is 0 Å². The minimum Gasteiger partial charge on any atom is -0.318 e. The zero-order chi connectivity index (χ0) is 22.0. The molecular formula is C22H21N5O4+. The maximum Gasteiger partial charge on any atom is 0.437 e. The van der Waals surface area contributed by atoms with Gasteiger partial charge in [0.25, 0.3) is 11.5 Å². The molecule has 1 aromatic carbocycles. The molecule has 3 heterocycles. The summed E-state index contributed by atoms with van der Waals surface area (Å²) >= 11 is 0. The van der Waals surface area contributed by atoms with Crippen LogP contribution in [0.1, 0.15) is 23.2 Å². The number of primary amides is 1. The number of aromatic nitrogens is 1. The number of carbonyl (C=O) groups excluding carboxylic acids is 3. The molecule has 9 nitrogen and oxygen atoms in total. The number of urea groups is 2. The summed E-state index contributed by atoms with van der Waals surface area (Å²) in [5.41, 5.74) is 6.48. The average Bonchev–Trinajstić information content (AvgIpc) is 3.45. The summed E-state index contributed by atoms with van der Waals surface area (Å²) in [7, 11) is 0. The quantitative estimate of drug-likeness (QED) is 0.739. The van der Waals surface area contributed by atoms with Gasteiger partial charge in [-0.1, -0.05) is 6.07 Å². The van der Waals surface area contributed by atoms with E-state index in [1.54, 1.807) is 47.5 Å². The first kappa shape index (κ1) is 20.3. The van der Waals surface area contributed by atoms with Crippen LogP contribution in [0.4, 0.5) is 9.59 Å². The van der Waals surface area contributed by atoms with Gasteiger partial charge in [-0.25, -0.2) is 9.59 Å². The minimum atomic E-state index is -0.869. The topological polar surface area (TPSA) is 114 Å². The van der Waals surface area contributed by atoms with Crippen LogP contribution < -0.4 is 16.6 Å². The largest absolute Gasteiger partial charge is 0.437 e. The molecular weight excluding hydrogens is 398 g/mol. The van der Waals surface area contributed by atoms with E-state index in [9.17, 15) is 19.2 Å². The highest BCUT2D eigenvalue weighted by Crippen LogP contribution is 2.24. The SMILES string of the molecule is NC(=O)[N+]1(C(=O)N2CCCC2)C=[C]C(NC(=O)c2ccc(-n3ccccc3=O)cc2)=C1. The second-order valence-electron chi connectivity index (χ2n) is 7.32. The fourth-order valence-corrected chi connectivity index (χ4v) is 3.60. The zero-order valence-electron chi connectivity index (χ0n) is 16.7. The molecule has 1 radical (unpaired) electrons. The lowest BCUT2D eigenvalue weighted by Gasteiger charge is -2.25. The summed E-state index contributed by atoms with van der Waals surface area (Å²) in [6.07, 6.45) is 8.69. The van der Waals surface area contributed by atoms with Gasteiger partial charge in [0.2, 0.25) is 0 Å². The number of nitrogens with two attached hydrogens (primary N) is 1. The van der Waals surface area contributed by atoms with Gasteiger partial charge in [-0.05, 0) is 43.2 Å². The van der Waals surface area contributed by atoms with Crippen molar-refractivity contribution in [3.8, 4) is 5.69 Å². The number of hydrogen-bond donors (Lipinski definition) is 2. The summed E-state index contributed by atoms with van der Waals surface area (Å²) < 4.78 is 0.617. The molecule has 31 heavy (non-hydrogen) atoms. The standard InChI is InChI=1S/C22H20N5O4/c23-21(30)27(22(31)25-11-3-4-12-25)14-10-17(15-27)24-20(29)16-6-8-18(9-7-16)26-13-2-1-5-19(26)28/h1-2,5-9,13-15H,3-4,11-12H2,(H2-,23,24,29,30)/p+1. The third kappa shape index (κ3) is 3.78. The summed E-state index contributed by atoms with van der Waals surface area (Å²) in [5, 5.41) is 2.64. The summed E-state index contributed by atoms with van der Waals surface area (Å²) in [6, 6.07) is 9.97. The minimum absolute atomic E-state index is 0.180. The number of pyridine rings is 1. The molecule has 1 fully saturated rings. The molecule has 1 saturated heterocycles. The molecule has 5 amide bonds. The number of quaternary nitrogens is 1. The van der Waals surface area contributed by atoms with E-state index in [-0.39, 0.29) is 11.3 Å². The number of nitrogens with one attached hydrogen (secondary N) is 1. The zero-order valence-corrected chi connectivity index (χ0v) is 16.7. The summed E-state index contributed by atoms with van der Waals surface area (Å²) in [4.78, 5) is 51.1. The maximum absolute atomic E-state index is 12.9. The molecule has 1 atom stereocenters. The number of imide groups is 1. The van der Waals surface area contributed by atoms with Crippen molar-refractivity contribution < 1.29 is 18.9 Å². The lowest BCUT2D eigenvalue weighted by Crippen LogP contribution is -2.56. The molecule has 1 aromatic heterocycles. The molecule has 0 aliphatic carbocycles. The lowest BCUT2D eigenvalue weighted by molar-refractivity contribution is -0.653. The first-order valence-corrected chi connectivity index (χ1v) is 9.82. The van der Waals surface area contributed by atoms with Crippen molar-refractivity contribution in [2.24, 2.45) is 5.73 Å². The van der Waals surface area contributed by atoms with Crippen molar-refractivity contribution >= 4 is 18.0 Å². The third-order valence-electron chi connectivity index (χ3n) is 5.29. The Morgan fingerprint density at radius 2 is 1.74 bits per heavy atom. The van der Waals surface area contributed by atoms with Crippen LogP contribution in [-0.2, 0) is 0 Å². The van der Waals surface area contributed by atoms with Crippen molar-refractivity contribution in [3.63, 3.8) is 0 Å². The number of allylic oxidation sites excluding steroid dienone is 1. The van der Waals surface area contributed by atoms with E-state index in [4.69, 9.17) is 5.73 Å². The predicted molar refractivity (Wildman–Crippen MR) is 111 cm³/mol. The molecule has 0 saturated carbocycles. The van der Waals surface area contributed by atoms with Crippen molar-refractivity contribution in [1.29, 1.82) is 0 Å². The Kier molecular flexibility index (Phi) is 5.26. The smallest absolute Gasteiger partial charge is 0.318 e. The lowest BCUT2D eigenvalue weighted by atomic mass is 10.2. The highest BCUT2D eigenvalue weighted by molar-refractivity contribution is 5.96. The summed E-state index contributed by atoms with van der Waals surface area (Å²) in [6.45, 7) is 1.12. The van der Waals surface area contributed by atoms with Gasteiger partial charge in [-0.2, -0.15) is 0 Å². The van der Waals surface area contributed by atoms with Crippen LogP contribution in [0.5, 0.6) is 0 Å². The fraction of sp³-hybridized carbons (Fsp3) is 0.182. The number of likely N-dealkylation sites (tertiary alicyclic amines) is 1. The molecule has 0 bridgehead atoms. The van der Waals surface area contributed by atoms with Crippen molar-refractivity contribution in [1.82, 2.24) is 14.8 Å². The molecule has 2 aliphatic heterocycles. The molecule has 157 valence electrons. The number of rotatable bonds is 3. The van der Waals surface area contributed by atoms with E-state index < -0.39 is 22.5 Å². The first-order chi connectivity index (χ1) is 14.9. The Bertz CT molecular complexity index is 1160. The number of hydrogen-bond acceptors (Lipinski definition) is 4. The monoisotopic (exact) mass is 419 g/mol. The number of benzene rings is 1. The van der Waals surface area contributed by atoms with E-state index >= 15 is 0 Å². The molecule has 3 N–H and O–H groups in total. The van der Waals surface area contributed by atoms with E-state index in [1.165, 1.54) is 23.0 Å². The van der Waals surface area contributed by atoms with Crippen LogP contribution in [0.3, 0.4) is 0 Å². The van der Waals surface area contributed by atoms with Crippen molar-refractivity contribution in [2.45, 2.75) is 12.8 Å².